The minimum Gasteiger partial charge on any atom is -0.355 e. The number of rotatable bonds is 6. The second kappa shape index (κ2) is 6.40. The first-order valence-corrected chi connectivity index (χ1v) is 5.66. The molecular weight excluding hydrogens is 186 g/mol. The lowest BCUT2D eigenvalue weighted by molar-refractivity contribution is 0.706. The van der Waals surface area contributed by atoms with E-state index in [4.69, 9.17) is 5.73 Å². The fourth-order valence-corrected chi connectivity index (χ4v) is 1.64. The van der Waals surface area contributed by atoms with Crippen LogP contribution in [0.2, 0.25) is 0 Å². The largest absolute Gasteiger partial charge is 0.355 e. The Morgan fingerprint density at radius 1 is 1.40 bits per heavy atom. The molecule has 0 amide bonds. The topological polar surface area (TPSA) is 42.1 Å². The average Bonchev–Trinajstić information content (AvgIpc) is 2.25. The molecule has 15 heavy (non-hydrogen) atoms. The molecule has 1 aromatic heterocycles. The van der Waals surface area contributed by atoms with Crippen molar-refractivity contribution in [2.24, 2.45) is 5.73 Å². The summed E-state index contributed by atoms with van der Waals surface area (Å²) in [5.41, 5.74) is 6.84. The van der Waals surface area contributed by atoms with Crippen molar-refractivity contribution in [3.63, 3.8) is 0 Å². The Kier molecular flexibility index (Phi) is 5.12. The summed E-state index contributed by atoms with van der Waals surface area (Å²) in [6, 6.07) is 4.07. The zero-order valence-corrected chi connectivity index (χ0v) is 9.74. The van der Waals surface area contributed by atoms with Gasteiger partial charge in [0, 0.05) is 25.8 Å². The first kappa shape index (κ1) is 12.0. The molecule has 1 heterocycles. The fourth-order valence-electron chi connectivity index (χ4n) is 1.64. The van der Waals surface area contributed by atoms with Crippen LogP contribution in [0.3, 0.4) is 0 Å². The van der Waals surface area contributed by atoms with E-state index in [0.29, 0.717) is 6.54 Å². The lowest BCUT2D eigenvalue weighted by Crippen LogP contribution is -2.31. The minimum absolute atomic E-state index is 0.680. The summed E-state index contributed by atoms with van der Waals surface area (Å²) in [4.78, 5) is 6.70. The van der Waals surface area contributed by atoms with Gasteiger partial charge in [0.25, 0.3) is 0 Å². The van der Waals surface area contributed by atoms with Gasteiger partial charge in [-0.1, -0.05) is 19.4 Å². The standard InChI is InChI=1S/C12H21N3/c1-3-4-9-15(10-7-13)12-11(2)6-5-8-14-12/h5-6,8H,3-4,7,9-10,13H2,1-2H3. The molecule has 3 nitrogen and oxygen atoms in total. The van der Waals surface area contributed by atoms with Crippen LogP contribution in [0.1, 0.15) is 25.3 Å². The smallest absolute Gasteiger partial charge is 0.131 e. The lowest BCUT2D eigenvalue weighted by Gasteiger charge is -2.24. The van der Waals surface area contributed by atoms with Gasteiger partial charge in [-0.15, -0.1) is 0 Å². The second-order valence-electron chi connectivity index (χ2n) is 3.77. The van der Waals surface area contributed by atoms with E-state index in [0.717, 1.165) is 18.9 Å². The van der Waals surface area contributed by atoms with E-state index in [-0.39, 0.29) is 0 Å². The predicted molar refractivity (Wildman–Crippen MR) is 65.1 cm³/mol. The summed E-state index contributed by atoms with van der Waals surface area (Å²) in [6.45, 7) is 6.91. The summed E-state index contributed by atoms with van der Waals surface area (Å²) in [6.07, 6.45) is 4.24. The van der Waals surface area contributed by atoms with Crippen molar-refractivity contribution >= 4 is 5.82 Å². The molecule has 0 bridgehead atoms. The maximum atomic E-state index is 5.62. The van der Waals surface area contributed by atoms with Gasteiger partial charge in [-0.3, -0.25) is 0 Å². The Balaban J connectivity index is 2.74. The Labute approximate surface area is 92.3 Å². The first-order chi connectivity index (χ1) is 7.29. The van der Waals surface area contributed by atoms with Crippen molar-refractivity contribution in [3.05, 3.63) is 23.9 Å². The quantitative estimate of drug-likeness (QED) is 0.775. The molecule has 0 saturated carbocycles. The molecule has 0 unspecified atom stereocenters. The van der Waals surface area contributed by atoms with E-state index in [9.17, 15) is 0 Å². The molecular formula is C12H21N3. The van der Waals surface area contributed by atoms with Crippen molar-refractivity contribution in [3.8, 4) is 0 Å². The normalized spacial score (nSPS) is 10.3. The molecule has 0 spiro atoms. The number of nitrogens with zero attached hydrogens (tertiary/aromatic N) is 2. The molecule has 1 aromatic rings. The van der Waals surface area contributed by atoms with Crippen LogP contribution >= 0.6 is 0 Å². The molecule has 0 aliphatic carbocycles. The van der Waals surface area contributed by atoms with E-state index < -0.39 is 0 Å². The highest BCUT2D eigenvalue weighted by Crippen LogP contribution is 2.15. The van der Waals surface area contributed by atoms with Gasteiger partial charge in [-0.25, -0.2) is 4.98 Å². The third-order valence-corrected chi connectivity index (χ3v) is 2.46. The van der Waals surface area contributed by atoms with Gasteiger partial charge >= 0.3 is 0 Å². The van der Waals surface area contributed by atoms with Crippen molar-refractivity contribution < 1.29 is 0 Å². The van der Waals surface area contributed by atoms with Crippen molar-refractivity contribution in [2.75, 3.05) is 24.5 Å². The highest BCUT2D eigenvalue weighted by molar-refractivity contribution is 5.45. The third-order valence-electron chi connectivity index (χ3n) is 2.46. The number of unbranched alkanes of at least 4 members (excludes halogenated alkanes) is 1. The predicted octanol–water partition coefficient (Wildman–Crippen LogP) is 1.96. The van der Waals surface area contributed by atoms with Crippen LogP contribution in [0, 0.1) is 6.92 Å². The third kappa shape index (κ3) is 3.51. The van der Waals surface area contributed by atoms with E-state index in [1.165, 1.54) is 18.4 Å². The number of hydrogen-bond donors (Lipinski definition) is 1. The second-order valence-corrected chi connectivity index (χ2v) is 3.77. The van der Waals surface area contributed by atoms with Crippen molar-refractivity contribution in [1.29, 1.82) is 0 Å². The fraction of sp³-hybridized carbons (Fsp3) is 0.583. The summed E-state index contributed by atoms with van der Waals surface area (Å²) in [5, 5.41) is 0. The van der Waals surface area contributed by atoms with Crippen LogP contribution in [0.5, 0.6) is 0 Å². The zero-order valence-electron chi connectivity index (χ0n) is 9.74. The number of aromatic nitrogens is 1. The molecule has 1 rings (SSSR count). The van der Waals surface area contributed by atoms with E-state index in [2.05, 4.69) is 29.8 Å². The van der Waals surface area contributed by atoms with Gasteiger partial charge in [-0.05, 0) is 25.0 Å². The Morgan fingerprint density at radius 3 is 2.80 bits per heavy atom. The highest BCUT2D eigenvalue weighted by atomic mass is 15.2. The zero-order chi connectivity index (χ0) is 11.1. The molecule has 0 aliphatic rings. The van der Waals surface area contributed by atoms with E-state index >= 15 is 0 Å². The molecule has 2 N–H and O–H groups in total. The molecule has 0 saturated heterocycles. The summed E-state index contributed by atoms with van der Waals surface area (Å²) < 4.78 is 0. The Hall–Kier alpha value is -1.09. The van der Waals surface area contributed by atoms with Crippen LogP contribution in [0.15, 0.2) is 18.3 Å². The minimum atomic E-state index is 0.680. The van der Waals surface area contributed by atoms with Gasteiger partial charge < -0.3 is 10.6 Å². The number of nitrogens with two attached hydrogens (primary N) is 1. The highest BCUT2D eigenvalue weighted by Gasteiger charge is 2.08. The van der Waals surface area contributed by atoms with Crippen LogP contribution in [0.4, 0.5) is 5.82 Å². The SMILES string of the molecule is CCCCN(CCN)c1ncccc1C. The molecule has 3 heteroatoms. The number of hydrogen-bond acceptors (Lipinski definition) is 3. The molecule has 0 aromatic carbocycles. The molecule has 0 fully saturated rings. The average molecular weight is 207 g/mol. The summed E-state index contributed by atoms with van der Waals surface area (Å²) >= 11 is 0. The van der Waals surface area contributed by atoms with Crippen LogP contribution in [0.25, 0.3) is 0 Å². The van der Waals surface area contributed by atoms with Crippen LogP contribution in [-0.4, -0.2) is 24.6 Å². The number of aryl methyl sites for hydroxylation is 1. The molecule has 0 radical (unpaired) electrons. The van der Waals surface area contributed by atoms with Gasteiger partial charge in [0.05, 0.1) is 0 Å². The number of anilines is 1. The van der Waals surface area contributed by atoms with Crippen molar-refractivity contribution in [2.45, 2.75) is 26.7 Å². The summed E-state index contributed by atoms with van der Waals surface area (Å²) in [5.74, 6) is 1.08. The van der Waals surface area contributed by atoms with Gasteiger partial charge in [0.2, 0.25) is 0 Å². The van der Waals surface area contributed by atoms with Crippen LogP contribution in [-0.2, 0) is 0 Å². The van der Waals surface area contributed by atoms with E-state index in [1.807, 2.05) is 12.3 Å². The van der Waals surface area contributed by atoms with Crippen LogP contribution < -0.4 is 10.6 Å². The number of pyridine rings is 1. The van der Waals surface area contributed by atoms with Gasteiger partial charge in [-0.2, -0.15) is 0 Å². The molecule has 0 aliphatic heterocycles. The first-order valence-electron chi connectivity index (χ1n) is 5.66. The Morgan fingerprint density at radius 2 is 2.20 bits per heavy atom. The lowest BCUT2D eigenvalue weighted by atomic mass is 10.2. The Bertz CT molecular complexity index is 286. The maximum absolute atomic E-state index is 5.62. The van der Waals surface area contributed by atoms with Crippen molar-refractivity contribution in [1.82, 2.24) is 4.98 Å². The molecule has 84 valence electrons. The summed E-state index contributed by atoms with van der Waals surface area (Å²) in [7, 11) is 0. The van der Waals surface area contributed by atoms with Gasteiger partial charge in [0.1, 0.15) is 5.82 Å². The van der Waals surface area contributed by atoms with E-state index in [1.54, 1.807) is 0 Å². The van der Waals surface area contributed by atoms with Gasteiger partial charge in [0.15, 0.2) is 0 Å². The maximum Gasteiger partial charge on any atom is 0.131 e. The molecule has 0 atom stereocenters. The monoisotopic (exact) mass is 207 g/mol.